The van der Waals surface area contributed by atoms with Crippen LogP contribution in [-0.4, -0.2) is 28.2 Å². The fraction of sp³-hybridized carbons (Fsp3) is 0.600. The zero-order valence-electron chi connectivity index (χ0n) is 9.70. The predicted molar refractivity (Wildman–Crippen MR) is 64.1 cm³/mol. The number of hydrazine groups is 1. The van der Waals surface area contributed by atoms with E-state index in [-0.39, 0.29) is 12.5 Å². The van der Waals surface area contributed by atoms with Gasteiger partial charge in [-0.1, -0.05) is 13.8 Å². The van der Waals surface area contributed by atoms with Crippen molar-refractivity contribution in [2.45, 2.75) is 26.2 Å². The second kappa shape index (κ2) is 6.24. The smallest absolute Gasteiger partial charge is 0.148 e. The van der Waals surface area contributed by atoms with Gasteiger partial charge in [0.1, 0.15) is 18.0 Å². The number of aromatic nitrogens is 2. The van der Waals surface area contributed by atoms with E-state index in [0.717, 1.165) is 11.4 Å². The molecule has 0 bridgehead atoms. The molecule has 1 heterocycles. The summed E-state index contributed by atoms with van der Waals surface area (Å²) in [5.74, 6) is 7.08. The number of aliphatic hydroxyl groups excluding tert-OH is 1. The van der Waals surface area contributed by atoms with Gasteiger partial charge in [-0.3, -0.25) is 0 Å². The van der Waals surface area contributed by atoms with Gasteiger partial charge in [0.25, 0.3) is 0 Å². The number of hydrogen-bond acceptors (Lipinski definition) is 6. The van der Waals surface area contributed by atoms with Crippen LogP contribution >= 0.6 is 0 Å². The molecule has 0 aliphatic carbocycles. The average Bonchev–Trinajstić information content (AvgIpc) is 2.28. The van der Waals surface area contributed by atoms with Crippen LogP contribution in [0, 0.1) is 0 Å². The fourth-order valence-corrected chi connectivity index (χ4v) is 1.48. The number of anilines is 2. The monoisotopic (exact) mass is 225 g/mol. The number of nitrogens with zero attached hydrogens (tertiary/aromatic N) is 2. The zero-order chi connectivity index (χ0) is 12.0. The molecule has 0 saturated heterocycles. The molecule has 1 aromatic heterocycles. The lowest BCUT2D eigenvalue weighted by molar-refractivity contribution is 0.292. The summed E-state index contributed by atoms with van der Waals surface area (Å²) in [6.45, 7) is 4.95. The third-order valence-corrected chi connectivity index (χ3v) is 2.23. The van der Waals surface area contributed by atoms with Gasteiger partial charge in [-0.05, 0) is 12.3 Å². The van der Waals surface area contributed by atoms with Crippen molar-refractivity contribution in [1.29, 1.82) is 0 Å². The molecule has 0 radical (unpaired) electrons. The second-order valence-corrected chi connectivity index (χ2v) is 3.79. The molecule has 0 aliphatic rings. The summed E-state index contributed by atoms with van der Waals surface area (Å²) in [5.41, 5.74) is 3.53. The summed E-state index contributed by atoms with van der Waals surface area (Å²) in [5, 5.41) is 11.9. The molecule has 0 aromatic carbocycles. The van der Waals surface area contributed by atoms with Crippen LogP contribution in [0.5, 0.6) is 0 Å². The van der Waals surface area contributed by atoms with Gasteiger partial charge < -0.3 is 15.8 Å². The highest BCUT2D eigenvalue weighted by Crippen LogP contribution is 2.27. The van der Waals surface area contributed by atoms with Gasteiger partial charge in [-0.2, -0.15) is 0 Å². The maximum atomic E-state index is 8.72. The fourth-order valence-electron chi connectivity index (χ4n) is 1.48. The van der Waals surface area contributed by atoms with Crippen molar-refractivity contribution in [2.24, 2.45) is 5.84 Å². The van der Waals surface area contributed by atoms with Crippen molar-refractivity contribution in [3.8, 4) is 0 Å². The minimum absolute atomic E-state index is 0.164. The molecular weight excluding hydrogens is 206 g/mol. The third-order valence-electron chi connectivity index (χ3n) is 2.23. The van der Waals surface area contributed by atoms with Gasteiger partial charge in [-0.15, -0.1) is 0 Å². The summed E-state index contributed by atoms with van der Waals surface area (Å²) in [7, 11) is 0. The number of hydrogen-bond donors (Lipinski definition) is 4. The molecule has 1 rings (SSSR count). The number of rotatable bonds is 6. The molecule has 1 aromatic rings. The third kappa shape index (κ3) is 3.04. The van der Waals surface area contributed by atoms with Crippen LogP contribution in [0.15, 0.2) is 6.33 Å². The molecule has 90 valence electrons. The Morgan fingerprint density at radius 3 is 2.62 bits per heavy atom. The SMILES string of the molecule is CC(C)c1c(NN)ncnc1NCCCO. The molecule has 0 amide bonds. The van der Waals surface area contributed by atoms with Crippen LogP contribution in [0.25, 0.3) is 0 Å². The van der Waals surface area contributed by atoms with Gasteiger partial charge in [-0.25, -0.2) is 15.8 Å². The second-order valence-electron chi connectivity index (χ2n) is 3.79. The average molecular weight is 225 g/mol. The van der Waals surface area contributed by atoms with E-state index in [1.165, 1.54) is 6.33 Å². The Labute approximate surface area is 95.3 Å². The molecule has 6 heteroatoms. The van der Waals surface area contributed by atoms with Crippen molar-refractivity contribution in [1.82, 2.24) is 9.97 Å². The Morgan fingerprint density at radius 1 is 1.38 bits per heavy atom. The predicted octanol–water partition coefficient (Wildman–Crippen LogP) is 0.680. The molecular formula is C10H19N5O. The summed E-state index contributed by atoms with van der Waals surface area (Å²) in [4.78, 5) is 8.25. The normalized spacial score (nSPS) is 10.6. The van der Waals surface area contributed by atoms with Gasteiger partial charge in [0, 0.05) is 18.7 Å². The van der Waals surface area contributed by atoms with Gasteiger partial charge in [0.15, 0.2) is 0 Å². The molecule has 0 aliphatic heterocycles. The van der Waals surface area contributed by atoms with Crippen molar-refractivity contribution >= 4 is 11.6 Å². The highest BCUT2D eigenvalue weighted by Gasteiger charge is 2.13. The first kappa shape index (κ1) is 12.7. The Morgan fingerprint density at radius 2 is 2.06 bits per heavy atom. The molecule has 6 nitrogen and oxygen atoms in total. The Hall–Kier alpha value is -1.40. The van der Waals surface area contributed by atoms with Gasteiger partial charge >= 0.3 is 0 Å². The number of nitrogens with two attached hydrogens (primary N) is 1. The number of nitrogen functional groups attached to an aromatic ring is 1. The maximum Gasteiger partial charge on any atom is 0.148 e. The van der Waals surface area contributed by atoms with E-state index < -0.39 is 0 Å². The van der Waals surface area contributed by atoms with Crippen molar-refractivity contribution in [3.05, 3.63) is 11.9 Å². The van der Waals surface area contributed by atoms with E-state index in [2.05, 4.69) is 34.6 Å². The highest BCUT2D eigenvalue weighted by molar-refractivity contribution is 5.58. The Balaban J connectivity index is 2.89. The van der Waals surface area contributed by atoms with E-state index in [1.54, 1.807) is 0 Å². The first-order valence-corrected chi connectivity index (χ1v) is 5.37. The quantitative estimate of drug-likeness (QED) is 0.323. The standard InChI is InChI=1S/C10H19N5O/c1-7(2)8-9(12-4-3-5-16)13-6-14-10(8)15-11/h6-7,16H,3-5,11H2,1-2H3,(H2,12,13,14,15). The molecule has 0 spiro atoms. The Bertz CT molecular complexity index is 329. The lowest BCUT2D eigenvalue weighted by Crippen LogP contribution is -2.15. The lowest BCUT2D eigenvalue weighted by Gasteiger charge is -2.16. The van der Waals surface area contributed by atoms with Gasteiger partial charge in [0.05, 0.1) is 0 Å². The topological polar surface area (TPSA) is 96.1 Å². The molecule has 0 saturated carbocycles. The minimum Gasteiger partial charge on any atom is -0.396 e. The summed E-state index contributed by atoms with van der Waals surface area (Å²) < 4.78 is 0. The van der Waals surface area contributed by atoms with Crippen LogP contribution in [-0.2, 0) is 0 Å². The number of aliphatic hydroxyl groups is 1. The van der Waals surface area contributed by atoms with E-state index in [1.807, 2.05) is 0 Å². The molecule has 0 fully saturated rings. The van der Waals surface area contributed by atoms with Crippen LogP contribution in [0.1, 0.15) is 31.7 Å². The van der Waals surface area contributed by atoms with Crippen LogP contribution in [0.3, 0.4) is 0 Å². The van der Waals surface area contributed by atoms with Crippen molar-refractivity contribution in [3.63, 3.8) is 0 Å². The maximum absolute atomic E-state index is 8.72. The summed E-state index contributed by atoms with van der Waals surface area (Å²) in [6.07, 6.45) is 2.15. The van der Waals surface area contributed by atoms with Gasteiger partial charge in [0.2, 0.25) is 0 Å². The van der Waals surface area contributed by atoms with E-state index in [0.29, 0.717) is 18.8 Å². The first-order chi connectivity index (χ1) is 7.70. The Kier molecular flexibility index (Phi) is 4.94. The lowest BCUT2D eigenvalue weighted by atomic mass is 10.0. The summed E-state index contributed by atoms with van der Waals surface area (Å²) >= 11 is 0. The van der Waals surface area contributed by atoms with Crippen LogP contribution in [0.2, 0.25) is 0 Å². The molecule has 0 atom stereocenters. The van der Waals surface area contributed by atoms with E-state index >= 15 is 0 Å². The van der Waals surface area contributed by atoms with Crippen molar-refractivity contribution in [2.75, 3.05) is 23.9 Å². The molecule has 16 heavy (non-hydrogen) atoms. The van der Waals surface area contributed by atoms with E-state index in [4.69, 9.17) is 10.9 Å². The molecule has 5 N–H and O–H groups in total. The zero-order valence-corrected chi connectivity index (χ0v) is 9.70. The highest BCUT2D eigenvalue weighted by atomic mass is 16.3. The van der Waals surface area contributed by atoms with Crippen LogP contribution in [0.4, 0.5) is 11.6 Å². The van der Waals surface area contributed by atoms with Crippen molar-refractivity contribution < 1.29 is 5.11 Å². The number of nitrogens with one attached hydrogen (secondary N) is 2. The van der Waals surface area contributed by atoms with E-state index in [9.17, 15) is 0 Å². The largest absolute Gasteiger partial charge is 0.396 e. The molecule has 0 unspecified atom stereocenters. The summed E-state index contributed by atoms with van der Waals surface area (Å²) in [6, 6.07) is 0. The minimum atomic E-state index is 0.164. The first-order valence-electron chi connectivity index (χ1n) is 5.37. The van der Waals surface area contributed by atoms with Crippen LogP contribution < -0.4 is 16.6 Å².